The smallest absolute Gasteiger partial charge is 0.270 e. The van der Waals surface area contributed by atoms with E-state index in [9.17, 15) is 4.79 Å². The maximum Gasteiger partial charge on any atom is 0.270 e. The van der Waals surface area contributed by atoms with E-state index in [0.717, 1.165) is 38.4 Å². The number of rotatable bonds is 3. The Morgan fingerprint density at radius 2 is 2.12 bits per heavy atom. The maximum atomic E-state index is 12.3. The predicted molar refractivity (Wildman–Crippen MR) is 68.0 cm³/mol. The lowest BCUT2D eigenvalue weighted by Crippen LogP contribution is -2.46. The van der Waals surface area contributed by atoms with Gasteiger partial charge in [-0.2, -0.15) is 0 Å². The summed E-state index contributed by atoms with van der Waals surface area (Å²) in [5.74, 6) is 0.717. The highest BCUT2D eigenvalue weighted by molar-refractivity contribution is 5.92. The molecule has 0 unspecified atom stereocenters. The van der Waals surface area contributed by atoms with Crippen molar-refractivity contribution in [2.75, 3.05) is 26.2 Å². The molecule has 2 rings (SSSR count). The van der Waals surface area contributed by atoms with Gasteiger partial charge in [0.05, 0.1) is 0 Å². The number of piperazine rings is 1. The van der Waals surface area contributed by atoms with Crippen LogP contribution in [0.15, 0.2) is 18.3 Å². The number of nitrogens with zero attached hydrogens (tertiary/aromatic N) is 2. The van der Waals surface area contributed by atoms with Gasteiger partial charge in [0, 0.05) is 38.9 Å². The first kappa shape index (κ1) is 12.2. The summed E-state index contributed by atoms with van der Waals surface area (Å²) in [7, 11) is 0. The zero-order chi connectivity index (χ0) is 12.3. The molecule has 94 valence electrons. The number of carbonyl (C=O) groups is 1. The van der Waals surface area contributed by atoms with Gasteiger partial charge in [-0.3, -0.25) is 4.79 Å². The van der Waals surface area contributed by atoms with Crippen LogP contribution in [0.25, 0.3) is 0 Å². The van der Waals surface area contributed by atoms with Crippen molar-refractivity contribution in [1.82, 2.24) is 14.8 Å². The lowest BCUT2D eigenvalue weighted by Gasteiger charge is -2.28. The van der Waals surface area contributed by atoms with E-state index in [1.807, 2.05) is 23.2 Å². The first-order valence-electron chi connectivity index (χ1n) is 6.33. The van der Waals surface area contributed by atoms with Gasteiger partial charge in [0.2, 0.25) is 0 Å². The third kappa shape index (κ3) is 2.88. The van der Waals surface area contributed by atoms with Crippen molar-refractivity contribution in [1.29, 1.82) is 0 Å². The lowest BCUT2D eigenvalue weighted by molar-refractivity contribution is 0.0724. The summed E-state index contributed by atoms with van der Waals surface area (Å²) < 4.78 is 2.06. The van der Waals surface area contributed by atoms with E-state index in [1.165, 1.54) is 0 Å². The van der Waals surface area contributed by atoms with Crippen molar-refractivity contribution in [2.24, 2.45) is 5.92 Å². The van der Waals surface area contributed by atoms with E-state index in [4.69, 9.17) is 0 Å². The molecular weight excluding hydrogens is 214 g/mol. The third-order valence-electron chi connectivity index (χ3n) is 3.01. The van der Waals surface area contributed by atoms with Gasteiger partial charge in [0.25, 0.3) is 5.91 Å². The lowest BCUT2D eigenvalue weighted by atomic mass is 10.2. The number of amides is 1. The molecule has 0 aliphatic carbocycles. The van der Waals surface area contributed by atoms with Gasteiger partial charge in [-0.15, -0.1) is 0 Å². The van der Waals surface area contributed by atoms with Crippen LogP contribution < -0.4 is 5.32 Å². The number of nitrogens with one attached hydrogen (secondary N) is 1. The summed E-state index contributed by atoms with van der Waals surface area (Å²) in [6, 6.07) is 3.88. The van der Waals surface area contributed by atoms with E-state index in [-0.39, 0.29) is 5.91 Å². The number of aromatic nitrogens is 1. The molecule has 1 aromatic heterocycles. The Kier molecular flexibility index (Phi) is 3.84. The van der Waals surface area contributed by atoms with Crippen molar-refractivity contribution < 1.29 is 4.79 Å². The van der Waals surface area contributed by atoms with Gasteiger partial charge in [0.1, 0.15) is 5.69 Å². The highest BCUT2D eigenvalue weighted by Gasteiger charge is 2.20. The monoisotopic (exact) mass is 235 g/mol. The second-order valence-corrected chi connectivity index (χ2v) is 4.98. The standard InChI is InChI=1S/C13H21N3O/c1-11(2)10-16-7-3-4-12(16)13(17)15-8-5-14-6-9-15/h3-4,7,11,14H,5-6,8-10H2,1-2H3. The zero-order valence-electron chi connectivity index (χ0n) is 10.6. The van der Waals surface area contributed by atoms with E-state index in [0.29, 0.717) is 5.92 Å². The van der Waals surface area contributed by atoms with Gasteiger partial charge < -0.3 is 14.8 Å². The highest BCUT2D eigenvalue weighted by atomic mass is 16.2. The molecule has 4 nitrogen and oxygen atoms in total. The molecule has 0 atom stereocenters. The molecule has 2 heterocycles. The van der Waals surface area contributed by atoms with Gasteiger partial charge in [0.15, 0.2) is 0 Å². The van der Waals surface area contributed by atoms with E-state index in [2.05, 4.69) is 23.7 Å². The molecular formula is C13H21N3O. The molecule has 17 heavy (non-hydrogen) atoms. The Morgan fingerprint density at radius 3 is 2.76 bits per heavy atom. The van der Waals surface area contributed by atoms with E-state index >= 15 is 0 Å². The Morgan fingerprint density at radius 1 is 1.41 bits per heavy atom. The fourth-order valence-corrected chi connectivity index (χ4v) is 2.19. The summed E-state index contributed by atoms with van der Waals surface area (Å²) in [5.41, 5.74) is 0.820. The van der Waals surface area contributed by atoms with Gasteiger partial charge in [-0.1, -0.05) is 13.8 Å². The largest absolute Gasteiger partial charge is 0.343 e. The molecule has 0 bridgehead atoms. The molecule has 1 aliphatic rings. The van der Waals surface area contributed by atoms with Gasteiger partial charge in [-0.05, 0) is 18.1 Å². The van der Waals surface area contributed by atoms with Crippen LogP contribution in [-0.4, -0.2) is 41.6 Å². The molecule has 1 aromatic rings. The topological polar surface area (TPSA) is 37.3 Å². The normalized spacial score (nSPS) is 16.5. The number of hydrogen-bond donors (Lipinski definition) is 1. The van der Waals surface area contributed by atoms with Crippen molar-refractivity contribution >= 4 is 5.91 Å². The fourth-order valence-electron chi connectivity index (χ4n) is 2.19. The molecule has 0 aromatic carbocycles. The minimum absolute atomic E-state index is 0.164. The quantitative estimate of drug-likeness (QED) is 0.854. The first-order valence-corrected chi connectivity index (χ1v) is 6.33. The molecule has 1 fully saturated rings. The number of carbonyl (C=O) groups excluding carboxylic acids is 1. The summed E-state index contributed by atoms with van der Waals surface area (Å²) in [6.07, 6.45) is 2.00. The van der Waals surface area contributed by atoms with E-state index < -0.39 is 0 Å². The van der Waals surface area contributed by atoms with Crippen LogP contribution >= 0.6 is 0 Å². The Hall–Kier alpha value is -1.29. The Labute approximate surface area is 103 Å². The summed E-state index contributed by atoms with van der Waals surface area (Å²) in [5, 5.41) is 3.26. The minimum Gasteiger partial charge on any atom is -0.343 e. The summed E-state index contributed by atoms with van der Waals surface area (Å²) >= 11 is 0. The molecule has 0 spiro atoms. The van der Waals surface area contributed by atoms with Crippen molar-refractivity contribution in [3.63, 3.8) is 0 Å². The van der Waals surface area contributed by atoms with Crippen molar-refractivity contribution in [2.45, 2.75) is 20.4 Å². The van der Waals surface area contributed by atoms with Gasteiger partial charge in [-0.25, -0.2) is 0 Å². The summed E-state index contributed by atoms with van der Waals surface area (Å²) in [6.45, 7) is 8.66. The minimum atomic E-state index is 0.164. The fraction of sp³-hybridized carbons (Fsp3) is 0.615. The Bertz CT molecular complexity index is 378. The average Bonchev–Trinajstić information content (AvgIpc) is 2.76. The molecule has 0 radical (unpaired) electrons. The van der Waals surface area contributed by atoms with Crippen molar-refractivity contribution in [3.05, 3.63) is 24.0 Å². The molecule has 4 heteroatoms. The van der Waals surface area contributed by atoms with Crippen LogP contribution in [0.2, 0.25) is 0 Å². The third-order valence-corrected chi connectivity index (χ3v) is 3.01. The summed E-state index contributed by atoms with van der Waals surface area (Å²) in [4.78, 5) is 14.3. The zero-order valence-corrected chi connectivity index (χ0v) is 10.6. The molecule has 1 N–H and O–H groups in total. The van der Waals surface area contributed by atoms with Crippen LogP contribution in [0.5, 0.6) is 0 Å². The van der Waals surface area contributed by atoms with Crippen LogP contribution in [-0.2, 0) is 6.54 Å². The average molecular weight is 235 g/mol. The van der Waals surface area contributed by atoms with Crippen molar-refractivity contribution in [3.8, 4) is 0 Å². The molecule has 1 aliphatic heterocycles. The van der Waals surface area contributed by atoms with E-state index in [1.54, 1.807) is 0 Å². The molecule has 0 saturated carbocycles. The van der Waals surface area contributed by atoms with Crippen LogP contribution in [0.4, 0.5) is 0 Å². The highest BCUT2D eigenvalue weighted by Crippen LogP contribution is 2.10. The van der Waals surface area contributed by atoms with Crippen LogP contribution in [0.3, 0.4) is 0 Å². The maximum absolute atomic E-state index is 12.3. The van der Waals surface area contributed by atoms with Gasteiger partial charge >= 0.3 is 0 Å². The predicted octanol–water partition coefficient (Wildman–Crippen LogP) is 1.19. The molecule has 1 amide bonds. The first-order chi connectivity index (χ1) is 8.18. The second kappa shape index (κ2) is 5.36. The van der Waals surface area contributed by atoms with Crippen LogP contribution in [0.1, 0.15) is 24.3 Å². The molecule has 1 saturated heterocycles. The SMILES string of the molecule is CC(C)Cn1cccc1C(=O)N1CCNCC1. The Balaban J connectivity index is 2.10. The number of hydrogen-bond acceptors (Lipinski definition) is 2. The van der Waals surface area contributed by atoms with Crippen LogP contribution in [0, 0.1) is 5.92 Å². The second-order valence-electron chi connectivity index (χ2n) is 4.98.